The Kier molecular flexibility index (Phi) is 1.73. The lowest BCUT2D eigenvalue weighted by Gasteiger charge is -2.31. The average Bonchev–Trinajstić information content (AvgIpc) is 2.47. The molecule has 5 heteroatoms. The molecule has 2 heterocycles. The number of aliphatic carboxylic acids is 1. The summed E-state index contributed by atoms with van der Waals surface area (Å²) in [4.78, 5) is 16.6. The minimum Gasteiger partial charge on any atom is -0.480 e. The molecule has 0 amide bonds. The minimum atomic E-state index is -0.831. The molecule has 5 nitrogen and oxygen atoms in total. The number of carbonyl (C=O) groups is 1. The maximum atomic E-state index is 10.7. The van der Waals surface area contributed by atoms with Crippen LogP contribution >= 0.6 is 0 Å². The number of piperazine rings is 1. The van der Waals surface area contributed by atoms with Gasteiger partial charge in [0.15, 0.2) is 6.04 Å². The van der Waals surface area contributed by atoms with Crippen LogP contribution < -0.4 is 5.32 Å². The van der Waals surface area contributed by atoms with Crippen LogP contribution in [0.3, 0.4) is 0 Å². The summed E-state index contributed by atoms with van der Waals surface area (Å²) < 4.78 is 0. The summed E-state index contributed by atoms with van der Waals surface area (Å²) >= 11 is 0. The van der Waals surface area contributed by atoms with Crippen molar-refractivity contribution in [1.29, 1.82) is 0 Å². The zero-order chi connectivity index (χ0) is 8.55. The molecule has 0 aromatic rings. The molecule has 2 unspecified atom stereocenters. The van der Waals surface area contributed by atoms with Gasteiger partial charge in [-0.15, -0.1) is 0 Å². The van der Waals surface area contributed by atoms with Crippen molar-refractivity contribution in [2.45, 2.75) is 12.1 Å². The molecule has 2 aliphatic heterocycles. The zero-order valence-corrected chi connectivity index (χ0v) is 6.60. The maximum absolute atomic E-state index is 10.7. The van der Waals surface area contributed by atoms with Crippen LogP contribution in [0.4, 0.5) is 0 Å². The molecule has 1 saturated heterocycles. The van der Waals surface area contributed by atoms with E-state index in [0.717, 1.165) is 19.6 Å². The largest absolute Gasteiger partial charge is 0.480 e. The standard InChI is InChI=1S/C7H11N3O2/c11-7(12)6-5-3-8-1-2-10(5)4-9-6/h4-6,8H,1-3H2,(H,11,12). The summed E-state index contributed by atoms with van der Waals surface area (Å²) in [6.07, 6.45) is 1.66. The summed E-state index contributed by atoms with van der Waals surface area (Å²) in [5, 5.41) is 11.9. The fraction of sp³-hybridized carbons (Fsp3) is 0.714. The number of hydrogen-bond donors (Lipinski definition) is 2. The van der Waals surface area contributed by atoms with Gasteiger partial charge in [-0.3, -0.25) is 4.99 Å². The quantitative estimate of drug-likeness (QED) is 0.515. The first-order valence-electron chi connectivity index (χ1n) is 4.01. The van der Waals surface area contributed by atoms with Crippen LogP contribution in [0.1, 0.15) is 0 Å². The van der Waals surface area contributed by atoms with Gasteiger partial charge in [0.05, 0.1) is 12.4 Å². The number of nitrogens with zero attached hydrogens (tertiary/aromatic N) is 2. The smallest absolute Gasteiger partial charge is 0.330 e. The van der Waals surface area contributed by atoms with Gasteiger partial charge in [0.25, 0.3) is 0 Å². The second-order valence-corrected chi connectivity index (χ2v) is 3.06. The van der Waals surface area contributed by atoms with Gasteiger partial charge in [-0.1, -0.05) is 0 Å². The summed E-state index contributed by atoms with van der Waals surface area (Å²) in [5.74, 6) is -0.831. The van der Waals surface area contributed by atoms with Gasteiger partial charge in [-0.25, -0.2) is 4.79 Å². The first-order valence-corrected chi connectivity index (χ1v) is 4.01. The van der Waals surface area contributed by atoms with Crippen molar-refractivity contribution in [1.82, 2.24) is 10.2 Å². The lowest BCUT2D eigenvalue weighted by Crippen LogP contribution is -2.53. The number of fused-ring (bicyclic) bond motifs is 1. The van der Waals surface area contributed by atoms with E-state index in [9.17, 15) is 4.79 Å². The van der Waals surface area contributed by atoms with Crippen LogP contribution in [-0.4, -0.2) is 54.0 Å². The summed E-state index contributed by atoms with van der Waals surface area (Å²) in [6.45, 7) is 2.49. The van der Waals surface area contributed by atoms with E-state index in [1.54, 1.807) is 6.34 Å². The van der Waals surface area contributed by atoms with Crippen molar-refractivity contribution in [2.24, 2.45) is 4.99 Å². The van der Waals surface area contributed by atoms with Crippen molar-refractivity contribution in [3.63, 3.8) is 0 Å². The topological polar surface area (TPSA) is 64.9 Å². The van der Waals surface area contributed by atoms with Gasteiger partial charge in [0.2, 0.25) is 0 Å². The number of aliphatic imine (C=N–C) groups is 1. The van der Waals surface area contributed by atoms with Gasteiger partial charge in [-0.2, -0.15) is 0 Å². The van der Waals surface area contributed by atoms with Gasteiger partial charge < -0.3 is 15.3 Å². The van der Waals surface area contributed by atoms with Crippen LogP contribution in [0.25, 0.3) is 0 Å². The molecule has 0 spiro atoms. The van der Waals surface area contributed by atoms with E-state index in [4.69, 9.17) is 5.11 Å². The van der Waals surface area contributed by atoms with Gasteiger partial charge in [-0.05, 0) is 0 Å². The third kappa shape index (κ3) is 1.06. The van der Waals surface area contributed by atoms with Crippen LogP contribution in [0.2, 0.25) is 0 Å². The van der Waals surface area contributed by atoms with Gasteiger partial charge in [0, 0.05) is 19.6 Å². The Balaban J connectivity index is 2.10. The Morgan fingerprint density at radius 1 is 1.75 bits per heavy atom. The third-order valence-electron chi connectivity index (χ3n) is 2.32. The van der Waals surface area contributed by atoms with Crippen LogP contribution in [0, 0.1) is 0 Å². The monoisotopic (exact) mass is 169 g/mol. The van der Waals surface area contributed by atoms with Crippen molar-refractivity contribution in [3.05, 3.63) is 0 Å². The number of rotatable bonds is 1. The highest BCUT2D eigenvalue weighted by Gasteiger charge is 2.36. The van der Waals surface area contributed by atoms with E-state index in [1.807, 2.05) is 4.90 Å². The minimum absolute atomic E-state index is 0.0243. The predicted octanol–water partition coefficient (Wildman–Crippen LogP) is -1.24. The molecule has 12 heavy (non-hydrogen) atoms. The van der Waals surface area contributed by atoms with Crippen LogP contribution in [0.5, 0.6) is 0 Å². The summed E-state index contributed by atoms with van der Waals surface area (Å²) in [6, 6.07) is -0.547. The molecule has 0 saturated carbocycles. The Labute approximate surface area is 70.1 Å². The maximum Gasteiger partial charge on any atom is 0.330 e. The van der Waals surface area contributed by atoms with Crippen molar-refractivity contribution >= 4 is 12.3 Å². The SMILES string of the molecule is O=C(O)C1N=CN2CCNCC12. The van der Waals surface area contributed by atoms with E-state index in [0.29, 0.717) is 0 Å². The molecule has 2 atom stereocenters. The van der Waals surface area contributed by atoms with Crippen LogP contribution in [-0.2, 0) is 4.79 Å². The Morgan fingerprint density at radius 2 is 2.58 bits per heavy atom. The second-order valence-electron chi connectivity index (χ2n) is 3.06. The number of carboxylic acid groups (broad SMARTS) is 1. The van der Waals surface area contributed by atoms with Crippen molar-refractivity contribution < 1.29 is 9.90 Å². The molecule has 66 valence electrons. The molecule has 1 fully saturated rings. The third-order valence-corrected chi connectivity index (χ3v) is 2.32. The van der Waals surface area contributed by atoms with Gasteiger partial charge >= 0.3 is 5.97 Å². The highest BCUT2D eigenvalue weighted by Crippen LogP contribution is 2.14. The molecule has 2 aliphatic rings. The molecule has 2 rings (SSSR count). The van der Waals surface area contributed by atoms with E-state index in [1.165, 1.54) is 0 Å². The highest BCUT2D eigenvalue weighted by atomic mass is 16.4. The fourth-order valence-electron chi connectivity index (χ4n) is 1.66. The molecule has 0 aliphatic carbocycles. The number of hydrogen-bond acceptors (Lipinski definition) is 4. The highest BCUT2D eigenvalue weighted by molar-refractivity contribution is 5.79. The zero-order valence-electron chi connectivity index (χ0n) is 6.60. The molecule has 0 aromatic carbocycles. The number of carboxylic acids is 1. The normalized spacial score (nSPS) is 33.5. The molecule has 0 radical (unpaired) electrons. The van der Waals surface area contributed by atoms with Crippen molar-refractivity contribution in [2.75, 3.05) is 19.6 Å². The Bertz CT molecular complexity index is 229. The van der Waals surface area contributed by atoms with E-state index in [-0.39, 0.29) is 6.04 Å². The Morgan fingerprint density at radius 3 is 3.33 bits per heavy atom. The van der Waals surface area contributed by atoms with E-state index in [2.05, 4.69) is 10.3 Å². The lowest BCUT2D eigenvalue weighted by molar-refractivity contribution is -0.139. The predicted molar refractivity (Wildman–Crippen MR) is 43.3 cm³/mol. The lowest BCUT2D eigenvalue weighted by atomic mass is 10.1. The summed E-state index contributed by atoms with van der Waals surface area (Å²) in [7, 11) is 0. The average molecular weight is 169 g/mol. The first kappa shape index (κ1) is 7.54. The fourth-order valence-corrected chi connectivity index (χ4v) is 1.66. The summed E-state index contributed by atoms with van der Waals surface area (Å²) in [5.41, 5.74) is 0. The molecule has 2 N–H and O–H groups in total. The Hall–Kier alpha value is -1.10. The van der Waals surface area contributed by atoms with E-state index >= 15 is 0 Å². The molecular weight excluding hydrogens is 158 g/mol. The number of nitrogens with one attached hydrogen (secondary N) is 1. The molecule has 0 bridgehead atoms. The van der Waals surface area contributed by atoms with Crippen molar-refractivity contribution in [3.8, 4) is 0 Å². The first-order chi connectivity index (χ1) is 5.79. The van der Waals surface area contributed by atoms with E-state index < -0.39 is 12.0 Å². The molecular formula is C7H11N3O2. The second kappa shape index (κ2) is 2.75. The van der Waals surface area contributed by atoms with Crippen LogP contribution in [0.15, 0.2) is 4.99 Å². The van der Waals surface area contributed by atoms with Gasteiger partial charge in [0.1, 0.15) is 0 Å². The molecule has 0 aromatic heterocycles.